The van der Waals surface area contributed by atoms with Crippen molar-refractivity contribution in [3.05, 3.63) is 0 Å². The number of carbonyl (C=O) groups is 2. The van der Waals surface area contributed by atoms with Crippen LogP contribution in [0.5, 0.6) is 0 Å². The third-order valence-corrected chi connectivity index (χ3v) is 4.39. The first-order chi connectivity index (χ1) is 9.70. The van der Waals surface area contributed by atoms with E-state index < -0.39 is 0 Å². The number of nitrogens with zero attached hydrogens (tertiary/aromatic N) is 1. The van der Waals surface area contributed by atoms with Gasteiger partial charge in [0.2, 0.25) is 5.91 Å². The first-order valence-corrected chi connectivity index (χ1v) is 7.79. The van der Waals surface area contributed by atoms with E-state index in [0.29, 0.717) is 19.0 Å². The van der Waals surface area contributed by atoms with Gasteiger partial charge >= 0.3 is 5.97 Å². The Kier molecular flexibility index (Phi) is 5.83. The predicted octanol–water partition coefficient (Wildman–Crippen LogP) is 1.32. The minimum atomic E-state index is -0.265. The van der Waals surface area contributed by atoms with Crippen molar-refractivity contribution in [2.75, 3.05) is 26.7 Å². The summed E-state index contributed by atoms with van der Waals surface area (Å²) in [5.41, 5.74) is 0. The SMILES string of the molecule is COC(=O)C1CC(=O)N(CCCNC2CCCCC2)C1. The summed E-state index contributed by atoms with van der Waals surface area (Å²) >= 11 is 0. The number of methoxy groups -OCH3 is 1. The molecule has 0 aromatic rings. The molecule has 1 saturated carbocycles. The molecule has 2 fully saturated rings. The molecule has 2 aliphatic rings. The van der Waals surface area contributed by atoms with Gasteiger partial charge in [-0.25, -0.2) is 0 Å². The van der Waals surface area contributed by atoms with Crippen molar-refractivity contribution < 1.29 is 14.3 Å². The minimum Gasteiger partial charge on any atom is -0.469 e. The average molecular weight is 282 g/mol. The molecule has 114 valence electrons. The Bertz CT molecular complexity index is 340. The van der Waals surface area contributed by atoms with Crippen LogP contribution in [0.4, 0.5) is 0 Å². The van der Waals surface area contributed by atoms with Gasteiger partial charge in [0.25, 0.3) is 0 Å². The van der Waals surface area contributed by atoms with Gasteiger partial charge in [-0.1, -0.05) is 19.3 Å². The van der Waals surface area contributed by atoms with Gasteiger partial charge in [0.15, 0.2) is 0 Å². The van der Waals surface area contributed by atoms with E-state index in [9.17, 15) is 9.59 Å². The molecule has 5 heteroatoms. The molecule has 0 spiro atoms. The topological polar surface area (TPSA) is 58.6 Å². The first-order valence-electron chi connectivity index (χ1n) is 7.79. The highest BCUT2D eigenvalue weighted by Crippen LogP contribution is 2.19. The molecule has 1 heterocycles. The number of hydrogen-bond donors (Lipinski definition) is 1. The van der Waals surface area contributed by atoms with Crippen molar-refractivity contribution in [2.24, 2.45) is 5.92 Å². The van der Waals surface area contributed by atoms with E-state index in [2.05, 4.69) is 5.32 Å². The van der Waals surface area contributed by atoms with Crippen LogP contribution in [0.2, 0.25) is 0 Å². The lowest BCUT2D eigenvalue weighted by atomic mass is 9.95. The van der Waals surface area contributed by atoms with Crippen LogP contribution in [0.15, 0.2) is 0 Å². The molecule has 20 heavy (non-hydrogen) atoms. The molecular weight excluding hydrogens is 256 g/mol. The smallest absolute Gasteiger partial charge is 0.310 e. The maximum absolute atomic E-state index is 11.8. The second kappa shape index (κ2) is 7.62. The second-order valence-electron chi connectivity index (χ2n) is 5.91. The van der Waals surface area contributed by atoms with Crippen molar-refractivity contribution in [1.82, 2.24) is 10.2 Å². The molecule has 2 rings (SSSR count). The van der Waals surface area contributed by atoms with Crippen LogP contribution in [0.1, 0.15) is 44.9 Å². The second-order valence-corrected chi connectivity index (χ2v) is 5.91. The van der Waals surface area contributed by atoms with E-state index in [4.69, 9.17) is 4.74 Å². The molecule has 1 unspecified atom stereocenters. The van der Waals surface area contributed by atoms with Gasteiger partial charge in [0.05, 0.1) is 13.0 Å². The Balaban J connectivity index is 1.61. The lowest BCUT2D eigenvalue weighted by Gasteiger charge is -2.23. The maximum Gasteiger partial charge on any atom is 0.310 e. The summed E-state index contributed by atoms with van der Waals surface area (Å²) in [5.74, 6) is -0.446. The van der Waals surface area contributed by atoms with Crippen molar-refractivity contribution in [3.8, 4) is 0 Å². The molecule has 1 amide bonds. The summed E-state index contributed by atoms with van der Waals surface area (Å²) in [7, 11) is 1.38. The third kappa shape index (κ3) is 4.20. The van der Waals surface area contributed by atoms with E-state index in [0.717, 1.165) is 19.5 Å². The van der Waals surface area contributed by atoms with E-state index >= 15 is 0 Å². The number of hydrogen-bond acceptors (Lipinski definition) is 4. The quantitative estimate of drug-likeness (QED) is 0.589. The van der Waals surface area contributed by atoms with Crippen LogP contribution >= 0.6 is 0 Å². The lowest BCUT2D eigenvalue weighted by Crippen LogP contribution is -2.34. The van der Waals surface area contributed by atoms with Crippen LogP contribution in [-0.4, -0.2) is 49.6 Å². The fourth-order valence-corrected chi connectivity index (χ4v) is 3.20. The van der Waals surface area contributed by atoms with E-state index in [-0.39, 0.29) is 17.8 Å². The molecule has 0 bridgehead atoms. The van der Waals surface area contributed by atoms with Gasteiger partial charge in [-0.3, -0.25) is 9.59 Å². The molecule has 0 radical (unpaired) electrons. The molecule has 5 nitrogen and oxygen atoms in total. The molecule has 1 N–H and O–H groups in total. The van der Waals surface area contributed by atoms with E-state index in [1.807, 2.05) is 0 Å². The molecule has 1 saturated heterocycles. The van der Waals surface area contributed by atoms with Crippen LogP contribution in [-0.2, 0) is 14.3 Å². The Hall–Kier alpha value is -1.10. The number of esters is 1. The summed E-state index contributed by atoms with van der Waals surface area (Å²) in [6.45, 7) is 2.22. The average Bonchev–Trinajstić information content (AvgIpc) is 2.85. The van der Waals surface area contributed by atoms with Crippen LogP contribution < -0.4 is 5.32 Å². The Morgan fingerprint density at radius 3 is 2.80 bits per heavy atom. The fourth-order valence-electron chi connectivity index (χ4n) is 3.20. The van der Waals surface area contributed by atoms with Gasteiger partial charge < -0.3 is 15.0 Å². The fraction of sp³-hybridized carbons (Fsp3) is 0.867. The largest absolute Gasteiger partial charge is 0.469 e. The molecule has 1 aliphatic heterocycles. The highest BCUT2D eigenvalue weighted by molar-refractivity contribution is 5.86. The number of ether oxygens (including phenoxy) is 1. The lowest BCUT2D eigenvalue weighted by molar-refractivity contribution is -0.145. The zero-order valence-electron chi connectivity index (χ0n) is 12.4. The number of likely N-dealkylation sites (tertiary alicyclic amines) is 1. The van der Waals surface area contributed by atoms with Crippen molar-refractivity contribution in [1.29, 1.82) is 0 Å². The minimum absolute atomic E-state index is 0.0815. The monoisotopic (exact) mass is 282 g/mol. The number of nitrogens with one attached hydrogen (secondary N) is 1. The Morgan fingerprint density at radius 2 is 2.10 bits per heavy atom. The molecule has 0 aromatic heterocycles. The normalized spacial score (nSPS) is 24.1. The Labute approximate surface area is 121 Å². The van der Waals surface area contributed by atoms with Crippen molar-refractivity contribution >= 4 is 11.9 Å². The summed E-state index contributed by atoms with van der Waals surface area (Å²) in [6, 6.07) is 0.667. The highest BCUT2D eigenvalue weighted by atomic mass is 16.5. The summed E-state index contributed by atoms with van der Waals surface area (Å²) in [5, 5.41) is 3.58. The zero-order chi connectivity index (χ0) is 14.4. The highest BCUT2D eigenvalue weighted by Gasteiger charge is 2.34. The maximum atomic E-state index is 11.8. The van der Waals surface area contributed by atoms with Gasteiger partial charge in [-0.15, -0.1) is 0 Å². The van der Waals surface area contributed by atoms with Crippen LogP contribution in [0.3, 0.4) is 0 Å². The standard InChI is InChI=1S/C15H26N2O3/c1-20-15(19)12-10-14(18)17(11-12)9-5-8-16-13-6-3-2-4-7-13/h12-13,16H,2-11H2,1H3. The first kappa shape index (κ1) is 15.3. The number of rotatable bonds is 6. The molecule has 1 aliphatic carbocycles. The van der Waals surface area contributed by atoms with Crippen LogP contribution in [0, 0.1) is 5.92 Å². The Morgan fingerprint density at radius 1 is 1.35 bits per heavy atom. The molecule has 1 atom stereocenters. The van der Waals surface area contributed by atoms with Gasteiger partial charge in [0.1, 0.15) is 0 Å². The summed E-state index contributed by atoms with van der Waals surface area (Å²) in [4.78, 5) is 25.0. The van der Waals surface area contributed by atoms with Crippen molar-refractivity contribution in [3.63, 3.8) is 0 Å². The van der Waals surface area contributed by atoms with Gasteiger partial charge in [-0.2, -0.15) is 0 Å². The third-order valence-electron chi connectivity index (χ3n) is 4.39. The van der Waals surface area contributed by atoms with Gasteiger partial charge in [-0.05, 0) is 25.8 Å². The van der Waals surface area contributed by atoms with Gasteiger partial charge in [0, 0.05) is 25.6 Å². The predicted molar refractivity (Wildman–Crippen MR) is 76.2 cm³/mol. The van der Waals surface area contributed by atoms with E-state index in [1.54, 1.807) is 4.90 Å². The number of carbonyl (C=O) groups excluding carboxylic acids is 2. The van der Waals surface area contributed by atoms with Crippen molar-refractivity contribution in [2.45, 2.75) is 51.0 Å². The molecule has 0 aromatic carbocycles. The number of amides is 1. The molecular formula is C15H26N2O3. The van der Waals surface area contributed by atoms with E-state index in [1.165, 1.54) is 39.2 Å². The summed E-state index contributed by atoms with van der Waals surface area (Å²) in [6.07, 6.45) is 7.88. The zero-order valence-corrected chi connectivity index (χ0v) is 12.4. The summed E-state index contributed by atoms with van der Waals surface area (Å²) < 4.78 is 4.71. The van der Waals surface area contributed by atoms with Crippen LogP contribution in [0.25, 0.3) is 0 Å².